The molecule has 166 valence electrons. The molecule has 3 amide bonds. The molecule has 0 saturated carbocycles. The number of nitrogens with two attached hydrogens (primary N) is 3. The molecule has 0 aliphatic heterocycles. The second kappa shape index (κ2) is 14.5. The molecule has 0 aliphatic rings. The van der Waals surface area contributed by atoms with Crippen molar-refractivity contribution in [2.75, 3.05) is 25.1 Å². The zero-order valence-electron chi connectivity index (χ0n) is 16.6. The third-order valence-corrected chi connectivity index (χ3v) is 4.36. The number of nitrogens with one attached hydrogen (secondary N) is 3. The van der Waals surface area contributed by atoms with Crippen molar-refractivity contribution in [1.82, 2.24) is 16.0 Å². The third-order valence-electron chi connectivity index (χ3n) is 3.72. The van der Waals surface area contributed by atoms with E-state index < -0.39 is 48.4 Å². The minimum atomic E-state index is -1.19. The molecule has 12 nitrogen and oxygen atoms in total. The Morgan fingerprint density at radius 3 is 2.31 bits per heavy atom. The van der Waals surface area contributed by atoms with Gasteiger partial charge in [0, 0.05) is 6.54 Å². The van der Waals surface area contributed by atoms with Gasteiger partial charge in [-0.15, -0.1) is 0 Å². The van der Waals surface area contributed by atoms with Crippen LogP contribution in [0.15, 0.2) is 4.99 Å². The highest BCUT2D eigenvalue weighted by Gasteiger charge is 2.24. The van der Waals surface area contributed by atoms with E-state index in [1.54, 1.807) is 0 Å². The first-order valence-corrected chi connectivity index (χ1v) is 10.4. The number of carbonyl (C=O) groups excluding carboxylic acids is 3. The maximum Gasteiger partial charge on any atom is 0.325 e. The summed E-state index contributed by atoms with van der Waals surface area (Å²) in [6.45, 7) is 1.23. The number of carboxylic acids is 1. The summed E-state index contributed by atoms with van der Waals surface area (Å²) in [7, 11) is 0. The van der Waals surface area contributed by atoms with Crippen LogP contribution < -0.4 is 33.2 Å². The molecule has 13 heteroatoms. The van der Waals surface area contributed by atoms with Crippen LogP contribution in [0.3, 0.4) is 0 Å². The van der Waals surface area contributed by atoms with Crippen LogP contribution >= 0.6 is 11.8 Å². The van der Waals surface area contributed by atoms with Gasteiger partial charge in [-0.3, -0.25) is 24.2 Å². The van der Waals surface area contributed by atoms with Crippen LogP contribution in [-0.2, 0) is 19.2 Å². The number of hydrogen-bond donors (Lipinski definition) is 7. The molecular weight excluding hydrogens is 402 g/mol. The van der Waals surface area contributed by atoms with Gasteiger partial charge in [-0.25, -0.2) is 0 Å². The molecule has 29 heavy (non-hydrogen) atoms. The van der Waals surface area contributed by atoms with E-state index in [4.69, 9.17) is 22.3 Å². The van der Waals surface area contributed by atoms with Crippen molar-refractivity contribution in [3.05, 3.63) is 0 Å². The number of aliphatic imine (C=N–C) groups is 1. The summed E-state index contributed by atoms with van der Waals surface area (Å²) >= 11 is 1.49. The Morgan fingerprint density at radius 2 is 1.76 bits per heavy atom. The van der Waals surface area contributed by atoms with Gasteiger partial charge in [0.1, 0.15) is 12.1 Å². The molecular formula is C16H31N7O5S. The smallest absolute Gasteiger partial charge is 0.325 e. The summed E-state index contributed by atoms with van der Waals surface area (Å²) in [5, 5.41) is 16.0. The SMILES string of the molecule is CSCC[C@H](NC(=O)[C@@H](N)CCCN=C(N)N)C(=O)NCC(=O)N[C@@H](C)C(=O)O. The standard InChI is InChI=1S/C16H31N7O5S/c1-9(15(27)28)22-12(24)8-21-14(26)11(5-7-29-2)23-13(25)10(17)4-3-6-20-16(18)19/h9-11H,3-8,17H2,1-2H3,(H,21,26)(H,22,24)(H,23,25)(H,27,28)(H4,18,19,20)/t9-,10-,11-/m0/s1. The molecule has 0 aromatic heterocycles. The number of guanidine groups is 1. The summed E-state index contributed by atoms with van der Waals surface area (Å²) < 4.78 is 0. The van der Waals surface area contributed by atoms with E-state index in [1.165, 1.54) is 18.7 Å². The molecule has 0 rings (SSSR count). The van der Waals surface area contributed by atoms with E-state index in [2.05, 4.69) is 20.9 Å². The van der Waals surface area contributed by atoms with Crippen molar-refractivity contribution < 1.29 is 24.3 Å². The lowest BCUT2D eigenvalue weighted by Gasteiger charge is -2.20. The van der Waals surface area contributed by atoms with Crippen molar-refractivity contribution in [2.24, 2.45) is 22.2 Å². The summed E-state index contributed by atoms with van der Waals surface area (Å²) in [4.78, 5) is 50.8. The largest absolute Gasteiger partial charge is 0.480 e. The molecule has 0 unspecified atom stereocenters. The molecule has 0 fully saturated rings. The highest BCUT2D eigenvalue weighted by molar-refractivity contribution is 7.98. The molecule has 10 N–H and O–H groups in total. The van der Waals surface area contributed by atoms with Crippen molar-refractivity contribution >= 4 is 41.4 Å². The molecule has 0 aliphatic carbocycles. The quantitative estimate of drug-likeness (QED) is 0.0861. The Labute approximate surface area is 173 Å². The number of carbonyl (C=O) groups is 4. The van der Waals surface area contributed by atoms with Gasteiger partial charge in [-0.2, -0.15) is 11.8 Å². The summed E-state index contributed by atoms with van der Waals surface area (Å²) in [6.07, 6.45) is 3.02. The average Bonchev–Trinajstić information content (AvgIpc) is 2.65. The van der Waals surface area contributed by atoms with Crippen LogP contribution in [0.2, 0.25) is 0 Å². The molecule has 0 bridgehead atoms. The van der Waals surface area contributed by atoms with Crippen LogP contribution in [0.25, 0.3) is 0 Å². The number of rotatable bonds is 14. The molecule has 0 spiro atoms. The lowest BCUT2D eigenvalue weighted by Crippen LogP contribution is -2.53. The third kappa shape index (κ3) is 12.5. The number of carboxylic acid groups (broad SMARTS) is 1. The molecule has 0 aromatic rings. The maximum absolute atomic E-state index is 12.3. The number of thioether (sulfide) groups is 1. The van der Waals surface area contributed by atoms with Gasteiger partial charge < -0.3 is 38.3 Å². The Balaban J connectivity index is 4.62. The first kappa shape index (κ1) is 26.5. The number of nitrogens with zero attached hydrogens (tertiary/aromatic N) is 1. The van der Waals surface area contributed by atoms with E-state index >= 15 is 0 Å². The van der Waals surface area contributed by atoms with Gasteiger partial charge >= 0.3 is 5.97 Å². The monoisotopic (exact) mass is 433 g/mol. The van der Waals surface area contributed by atoms with Gasteiger partial charge in [0.25, 0.3) is 0 Å². The van der Waals surface area contributed by atoms with Gasteiger partial charge in [-0.1, -0.05) is 0 Å². The Hall–Kier alpha value is -2.54. The molecule has 0 aromatic carbocycles. The molecule has 0 saturated heterocycles. The first-order chi connectivity index (χ1) is 13.6. The second-order valence-corrected chi connectivity index (χ2v) is 7.23. The fourth-order valence-corrected chi connectivity index (χ4v) is 2.55. The fraction of sp³-hybridized carbons (Fsp3) is 0.688. The van der Waals surface area contributed by atoms with Crippen LogP contribution in [0.5, 0.6) is 0 Å². The first-order valence-electron chi connectivity index (χ1n) is 8.98. The van der Waals surface area contributed by atoms with Crippen molar-refractivity contribution in [1.29, 1.82) is 0 Å². The normalized spacial score (nSPS) is 13.5. The summed E-state index contributed by atoms with van der Waals surface area (Å²) in [5.41, 5.74) is 16.3. The molecule has 0 radical (unpaired) electrons. The van der Waals surface area contributed by atoms with E-state index in [-0.39, 0.29) is 5.96 Å². The van der Waals surface area contributed by atoms with Gasteiger partial charge in [0.15, 0.2) is 5.96 Å². The number of aliphatic carboxylic acids is 1. The second-order valence-electron chi connectivity index (χ2n) is 6.24. The fourth-order valence-electron chi connectivity index (χ4n) is 2.08. The Morgan fingerprint density at radius 1 is 1.10 bits per heavy atom. The lowest BCUT2D eigenvalue weighted by atomic mass is 10.1. The highest BCUT2D eigenvalue weighted by Crippen LogP contribution is 2.03. The Bertz CT molecular complexity index is 598. The maximum atomic E-state index is 12.3. The lowest BCUT2D eigenvalue weighted by molar-refractivity contribution is -0.141. The van der Waals surface area contributed by atoms with Gasteiger partial charge in [0.2, 0.25) is 17.7 Å². The van der Waals surface area contributed by atoms with E-state index in [1.807, 2.05) is 6.26 Å². The summed E-state index contributed by atoms with van der Waals surface area (Å²) in [6, 6.07) is -2.79. The van der Waals surface area contributed by atoms with Crippen LogP contribution in [0, 0.1) is 0 Å². The predicted octanol–water partition coefficient (Wildman–Crippen LogP) is -2.69. The van der Waals surface area contributed by atoms with E-state index in [9.17, 15) is 19.2 Å². The predicted molar refractivity (Wildman–Crippen MR) is 111 cm³/mol. The summed E-state index contributed by atoms with van der Waals surface area (Å²) in [5.74, 6) is -2.35. The van der Waals surface area contributed by atoms with Crippen LogP contribution in [0.1, 0.15) is 26.2 Å². The number of amides is 3. The topological polar surface area (TPSA) is 215 Å². The van der Waals surface area contributed by atoms with E-state index in [0.717, 1.165) is 0 Å². The zero-order valence-corrected chi connectivity index (χ0v) is 17.5. The highest BCUT2D eigenvalue weighted by atomic mass is 32.2. The van der Waals surface area contributed by atoms with Crippen molar-refractivity contribution in [3.8, 4) is 0 Å². The molecule has 3 atom stereocenters. The average molecular weight is 434 g/mol. The van der Waals surface area contributed by atoms with Gasteiger partial charge in [0.05, 0.1) is 12.6 Å². The minimum absolute atomic E-state index is 0.0430. The van der Waals surface area contributed by atoms with Crippen LogP contribution in [-0.4, -0.2) is 78.0 Å². The van der Waals surface area contributed by atoms with Crippen molar-refractivity contribution in [2.45, 2.75) is 44.3 Å². The molecule has 0 heterocycles. The zero-order chi connectivity index (χ0) is 22.4. The van der Waals surface area contributed by atoms with Crippen molar-refractivity contribution in [3.63, 3.8) is 0 Å². The minimum Gasteiger partial charge on any atom is -0.480 e. The Kier molecular flexibility index (Phi) is 13.2. The number of hydrogen-bond acceptors (Lipinski definition) is 7. The van der Waals surface area contributed by atoms with Gasteiger partial charge in [-0.05, 0) is 38.2 Å². The van der Waals surface area contributed by atoms with Crippen LogP contribution in [0.4, 0.5) is 0 Å². The van der Waals surface area contributed by atoms with E-state index in [0.29, 0.717) is 31.6 Å².